The number of hydrogen-bond acceptors (Lipinski definition) is 6. The first-order valence-corrected chi connectivity index (χ1v) is 8.18. The highest BCUT2D eigenvalue weighted by molar-refractivity contribution is 6.28. The molecule has 0 bridgehead atoms. The lowest BCUT2D eigenvalue weighted by Crippen LogP contribution is -2.55. The van der Waals surface area contributed by atoms with Gasteiger partial charge in [0.25, 0.3) is 0 Å². The summed E-state index contributed by atoms with van der Waals surface area (Å²) in [6, 6.07) is 0. The SMILES string of the molecule is CC(C)(C)OC(=O)N1CCC[C@]1(CC(=O)c1cnc(Cl)nc1)C(=O)O. The number of Topliss-reactive ketones (excluding diaryl/α,β-unsaturated/α-hetero) is 1. The number of nitrogens with zero attached hydrogens (tertiary/aromatic N) is 3. The van der Waals surface area contributed by atoms with Gasteiger partial charge in [0.1, 0.15) is 5.60 Å². The Kier molecular flexibility index (Phi) is 5.31. The van der Waals surface area contributed by atoms with Crippen LogP contribution in [0, 0.1) is 0 Å². The standard InChI is InChI=1S/C16H20ClN3O5/c1-15(2,3)25-14(24)20-6-4-5-16(20,12(22)23)7-11(21)10-8-18-13(17)19-9-10/h8-9H,4-7H2,1-3H3,(H,22,23)/t16-/m0/s1. The van der Waals surface area contributed by atoms with Crippen LogP contribution in [0.15, 0.2) is 12.4 Å². The average Bonchev–Trinajstić information content (AvgIpc) is 2.91. The number of aliphatic carboxylic acids is 1. The fraction of sp³-hybridized carbons (Fsp3) is 0.562. The first kappa shape index (κ1) is 19.1. The number of carbonyl (C=O) groups excluding carboxylic acids is 2. The van der Waals surface area contributed by atoms with Crippen molar-refractivity contribution in [2.24, 2.45) is 0 Å². The fourth-order valence-electron chi connectivity index (χ4n) is 2.77. The fourth-order valence-corrected chi connectivity index (χ4v) is 2.87. The van der Waals surface area contributed by atoms with Crippen LogP contribution >= 0.6 is 11.6 Å². The van der Waals surface area contributed by atoms with Crippen LogP contribution in [0.5, 0.6) is 0 Å². The molecule has 8 nitrogen and oxygen atoms in total. The molecule has 1 saturated heterocycles. The van der Waals surface area contributed by atoms with Gasteiger partial charge >= 0.3 is 12.1 Å². The zero-order valence-corrected chi connectivity index (χ0v) is 15.0. The van der Waals surface area contributed by atoms with Crippen molar-refractivity contribution >= 4 is 29.4 Å². The van der Waals surface area contributed by atoms with Crippen molar-refractivity contribution in [3.8, 4) is 0 Å². The van der Waals surface area contributed by atoms with E-state index < -0.39 is 29.0 Å². The summed E-state index contributed by atoms with van der Waals surface area (Å²) in [4.78, 5) is 45.5. The van der Waals surface area contributed by atoms with Crippen LogP contribution < -0.4 is 0 Å². The van der Waals surface area contributed by atoms with Gasteiger partial charge in [-0.25, -0.2) is 19.6 Å². The summed E-state index contributed by atoms with van der Waals surface area (Å²) in [6.07, 6.45) is 1.98. The summed E-state index contributed by atoms with van der Waals surface area (Å²) < 4.78 is 5.30. The van der Waals surface area contributed by atoms with Gasteiger partial charge in [0.2, 0.25) is 5.28 Å². The molecule has 25 heavy (non-hydrogen) atoms. The Hall–Kier alpha value is -2.22. The topological polar surface area (TPSA) is 110 Å². The number of carboxylic acids is 1. The normalized spacial score (nSPS) is 20.4. The second-order valence-corrected chi connectivity index (χ2v) is 7.25. The largest absolute Gasteiger partial charge is 0.479 e. The molecule has 0 saturated carbocycles. The van der Waals surface area contributed by atoms with Gasteiger partial charge in [-0.1, -0.05) is 0 Å². The van der Waals surface area contributed by atoms with Gasteiger partial charge in [-0.2, -0.15) is 0 Å². The molecule has 1 N–H and O–H groups in total. The smallest absolute Gasteiger partial charge is 0.411 e. The van der Waals surface area contributed by atoms with E-state index in [1.807, 2.05) is 0 Å². The molecule has 0 unspecified atom stereocenters. The Morgan fingerprint density at radius 2 is 1.92 bits per heavy atom. The second kappa shape index (κ2) is 6.95. The van der Waals surface area contributed by atoms with Crippen LogP contribution in [-0.2, 0) is 9.53 Å². The van der Waals surface area contributed by atoms with E-state index in [4.69, 9.17) is 16.3 Å². The van der Waals surface area contributed by atoms with Crippen molar-refractivity contribution in [3.05, 3.63) is 23.2 Å². The van der Waals surface area contributed by atoms with E-state index in [1.54, 1.807) is 20.8 Å². The molecular formula is C16H20ClN3O5. The van der Waals surface area contributed by atoms with E-state index in [-0.39, 0.29) is 30.2 Å². The third kappa shape index (κ3) is 4.25. The Balaban J connectivity index is 2.27. The molecule has 2 heterocycles. The average molecular weight is 370 g/mol. The number of rotatable bonds is 4. The van der Waals surface area contributed by atoms with Crippen LogP contribution in [-0.4, -0.2) is 55.5 Å². The molecule has 0 radical (unpaired) electrons. The number of carbonyl (C=O) groups is 3. The molecule has 0 aliphatic carbocycles. The molecule has 1 aromatic rings. The first-order valence-electron chi connectivity index (χ1n) is 7.80. The quantitative estimate of drug-likeness (QED) is 0.641. The maximum atomic E-state index is 12.5. The number of amides is 1. The highest BCUT2D eigenvalue weighted by Gasteiger charge is 2.52. The number of likely N-dealkylation sites (tertiary alicyclic amines) is 1. The van der Waals surface area contributed by atoms with Crippen molar-refractivity contribution in [3.63, 3.8) is 0 Å². The number of ether oxygens (including phenoxy) is 1. The van der Waals surface area contributed by atoms with Crippen molar-refractivity contribution < 1.29 is 24.2 Å². The van der Waals surface area contributed by atoms with Gasteiger partial charge in [-0.3, -0.25) is 9.69 Å². The van der Waals surface area contributed by atoms with E-state index in [1.165, 1.54) is 12.4 Å². The van der Waals surface area contributed by atoms with E-state index >= 15 is 0 Å². The van der Waals surface area contributed by atoms with Gasteiger partial charge in [0.15, 0.2) is 11.3 Å². The van der Waals surface area contributed by atoms with Crippen LogP contribution in [0.1, 0.15) is 50.4 Å². The van der Waals surface area contributed by atoms with E-state index in [0.717, 1.165) is 4.90 Å². The van der Waals surface area contributed by atoms with Crippen molar-refractivity contribution in [1.82, 2.24) is 14.9 Å². The van der Waals surface area contributed by atoms with Gasteiger partial charge in [0.05, 0.1) is 5.56 Å². The number of ketones is 1. The zero-order valence-electron chi connectivity index (χ0n) is 14.3. The highest BCUT2D eigenvalue weighted by atomic mass is 35.5. The third-order valence-electron chi connectivity index (χ3n) is 3.90. The van der Waals surface area contributed by atoms with Crippen molar-refractivity contribution in [2.75, 3.05) is 6.54 Å². The molecular weight excluding hydrogens is 350 g/mol. The summed E-state index contributed by atoms with van der Waals surface area (Å²) >= 11 is 5.59. The highest BCUT2D eigenvalue weighted by Crippen LogP contribution is 2.35. The number of carboxylic acid groups (broad SMARTS) is 1. The summed E-state index contributed by atoms with van der Waals surface area (Å²) in [5.74, 6) is -1.71. The first-order chi connectivity index (χ1) is 11.5. The zero-order chi connectivity index (χ0) is 18.8. The summed E-state index contributed by atoms with van der Waals surface area (Å²) in [6.45, 7) is 5.30. The van der Waals surface area contributed by atoms with Crippen LogP contribution in [0.2, 0.25) is 5.28 Å². The second-order valence-electron chi connectivity index (χ2n) is 6.91. The van der Waals surface area contributed by atoms with E-state index in [2.05, 4.69) is 9.97 Å². The van der Waals surface area contributed by atoms with Gasteiger partial charge in [-0.05, 0) is 45.2 Å². The van der Waals surface area contributed by atoms with Crippen molar-refractivity contribution in [2.45, 2.75) is 51.2 Å². The minimum Gasteiger partial charge on any atom is -0.479 e. The molecule has 1 aliphatic rings. The Bertz CT molecular complexity index is 686. The summed E-state index contributed by atoms with van der Waals surface area (Å²) in [5, 5.41) is 9.75. The summed E-state index contributed by atoms with van der Waals surface area (Å²) in [5.41, 5.74) is -2.27. The Morgan fingerprint density at radius 1 is 1.32 bits per heavy atom. The molecule has 0 spiro atoms. The monoisotopic (exact) mass is 369 g/mol. The summed E-state index contributed by atoms with van der Waals surface area (Å²) in [7, 11) is 0. The molecule has 1 aromatic heterocycles. The minimum atomic E-state index is -1.64. The van der Waals surface area contributed by atoms with Crippen LogP contribution in [0.4, 0.5) is 4.79 Å². The van der Waals surface area contributed by atoms with Gasteiger partial charge in [0, 0.05) is 25.4 Å². The lowest BCUT2D eigenvalue weighted by Gasteiger charge is -2.35. The van der Waals surface area contributed by atoms with Crippen LogP contribution in [0.3, 0.4) is 0 Å². The molecule has 9 heteroatoms. The van der Waals surface area contributed by atoms with Gasteiger partial charge in [-0.15, -0.1) is 0 Å². The third-order valence-corrected chi connectivity index (χ3v) is 4.09. The predicted molar refractivity (Wildman–Crippen MR) is 88.5 cm³/mol. The Morgan fingerprint density at radius 3 is 2.44 bits per heavy atom. The van der Waals surface area contributed by atoms with Gasteiger partial charge < -0.3 is 9.84 Å². The number of hydrogen-bond donors (Lipinski definition) is 1. The van der Waals surface area contributed by atoms with E-state index in [9.17, 15) is 19.5 Å². The molecule has 1 fully saturated rings. The number of aromatic nitrogens is 2. The maximum Gasteiger partial charge on any atom is 0.411 e. The lowest BCUT2D eigenvalue weighted by molar-refractivity contribution is -0.149. The molecule has 1 aliphatic heterocycles. The van der Waals surface area contributed by atoms with E-state index in [0.29, 0.717) is 6.42 Å². The maximum absolute atomic E-state index is 12.5. The molecule has 2 rings (SSSR count). The molecule has 136 valence electrons. The molecule has 1 atom stereocenters. The predicted octanol–water partition coefficient (Wildman–Crippen LogP) is 2.56. The molecule has 0 aromatic carbocycles. The lowest BCUT2D eigenvalue weighted by atomic mass is 9.88. The molecule has 1 amide bonds. The minimum absolute atomic E-state index is 0.0132. The Labute approximate surface area is 150 Å². The van der Waals surface area contributed by atoms with Crippen LogP contribution in [0.25, 0.3) is 0 Å². The van der Waals surface area contributed by atoms with Crippen molar-refractivity contribution in [1.29, 1.82) is 0 Å². The number of halogens is 1.